The fourth-order valence-corrected chi connectivity index (χ4v) is 4.41. The number of likely N-dealkylation sites (tertiary alicyclic amines) is 1. The molecular weight excluding hydrogens is 338 g/mol. The summed E-state index contributed by atoms with van der Waals surface area (Å²) in [6.45, 7) is 6.21. The fourth-order valence-electron chi connectivity index (χ4n) is 3.77. The van der Waals surface area contributed by atoms with Gasteiger partial charge in [-0.3, -0.25) is 24.4 Å². The largest absolute Gasteiger partial charge is 0.369 e. The van der Waals surface area contributed by atoms with Gasteiger partial charge in [-0.15, -0.1) is 11.3 Å². The van der Waals surface area contributed by atoms with Crippen LogP contribution >= 0.6 is 11.3 Å². The van der Waals surface area contributed by atoms with Crippen LogP contribution in [0.5, 0.6) is 0 Å². The molecule has 0 aromatic carbocycles. The van der Waals surface area contributed by atoms with Crippen LogP contribution in [-0.2, 0) is 16.1 Å². The second kappa shape index (κ2) is 8.73. The Labute approximate surface area is 152 Å². The third-order valence-corrected chi connectivity index (χ3v) is 5.76. The van der Waals surface area contributed by atoms with Crippen molar-refractivity contribution in [1.82, 2.24) is 19.7 Å². The number of piperidine rings is 1. The van der Waals surface area contributed by atoms with Gasteiger partial charge in [0.15, 0.2) is 0 Å². The Hall–Kier alpha value is -1.51. The van der Waals surface area contributed by atoms with Crippen LogP contribution in [0.2, 0.25) is 0 Å². The van der Waals surface area contributed by atoms with Crippen molar-refractivity contribution in [3.05, 3.63) is 16.6 Å². The van der Waals surface area contributed by atoms with Gasteiger partial charge in [-0.2, -0.15) is 0 Å². The number of hydrogen-bond acceptors (Lipinski definition) is 6. The Morgan fingerprint density at radius 1 is 1.16 bits per heavy atom. The molecule has 138 valence electrons. The van der Waals surface area contributed by atoms with Gasteiger partial charge in [-0.05, 0) is 25.8 Å². The summed E-state index contributed by atoms with van der Waals surface area (Å²) in [6, 6.07) is 0. The average molecular weight is 366 g/mol. The third-order valence-electron chi connectivity index (χ3n) is 5.00. The number of rotatable bonds is 5. The van der Waals surface area contributed by atoms with E-state index in [4.69, 9.17) is 5.73 Å². The number of primary amides is 1. The Bertz CT molecular complexity index is 580. The predicted molar refractivity (Wildman–Crippen MR) is 96.9 cm³/mol. The standard InChI is InChI=1S/C17H27N5O2S/c18-16(23)12-21-4-1-3-14(10-21)17(24)22-6-2-5-20(7-8-22)11-15-9-19-13-25-15/h9,13-14H,1-8,10-12H2,(H2,18,23). The molecule has 0 radical (unpaired) electrons. The van der Waals surface area contributed by atoms with Crippen LogP contribution in [0.15, 0.2) is 11.7 Å². The molecule has 7 nitrogen and oxygen atoms in total. The first kappa shape index (κ1) is 18.3. The molecule has 2 saturated heterocycles. The van der Waals surface area contributed by atoms with Gasteiger partial charge in [0.05, 0.1) is 18.0 Å². The zero-order valence-electron chi connectivity index (χ0n) is 14.6. The lowest BCUT2D eigenvalue weighted by Gasteiger charge is -2.34. The number of nitrogens with two attached hydrogens (primary N) is 1. The normalized spacial score (nSPS) is 23.4. The van der Waals surface area contributed by atoms with Crippen molar-refractivity contribution in [2.75, 3.05) is 45.8 Å². The third kappa shape index (κ3) is 5.23. The van der Waals surface area contributed by atoms with E-state index in [1.165, 1.54) is 4.88 Å². The highest BCUT2D eigenvalue weighted by Gasteiger charge is 2.30. The van der Waals surface area contributed by atoms with Gasteiger partial charge >= 0.3 is 0 Å². The molecule has 0 saturated carbocycles. The summed E-state index contributed by atoms with van der Waals surface area (Å²) in [5.41, 5.74) is 7.16. The number of aromatic nitrogens is 1. The summed E-state index contributed by atoms with van der Waals surface area (Å²) < 4.78 is 0. The van der Waals surface area contributed by atoms with Crippen molar-refractivity contribution in [2.24, 2.45) is 11.7 Å². The molecule has 1 unspecified atom stereocenters. The van der Waals surface area contributed by atoms with Gasteiger partial charge in [0.1, 0.15) is 0 Å². The van der Waals surface area contributed by atoms with Crippen molar-refractivity contribution in [3.63, 3.8) is 0 Å². The molecule has 1 aromatic rings. The van der Waals surface area contributed by atoms with Crippen molar-refractivity contribution in [1.29, 1.82) is 0 Å². The van der Waals surface area contributed by atoms with Crippen molar-refractivity contribution in [3.8, 4) is 0 Å². The van der Waals surface area contributed by atoms with Gasteiger partial charge in [0, 0.05) is 50.3 Å². The Morgan fingerprint density at radius 2 is 2.00 bits per heavy atom. The maximum Gasteiger partial charge on any atom is 0.231 e. The quantitative estimate of drug-likeness (QED) is 0.815. The van der Waals surface area contributed by atoms with E-state index >= 15 is 0 Å². The first-order valence-electron chi connectivity index (χ1n) is 9.01. The van der Waals surface area contributed by atoms with Crippen LogP contribution in [0.3, 0.4) is 0 Å². The van der Waals surface area contributed by atoms with Crippen LogP contribution in [0.25, 0.3) is 0 Å². The lowest BCUT2D eigenvalue weighted by atomic mass is 9.96. The summed E-state index contributed by atoms with van der Waals surface area (Å²) >= 11 is 1.68. The van der Waals surface area contributed by atoms with E-state index in [0.29, 0.717) is 6.54 Å². The monoisotopic (exact) mass is 365 g/mol. The molecule has 2 aliphatic heterocycles. The number of nitrogens with zero attached hydrogens (tertiary/aromatic N) is 4. The SMILES string of the molecule is NC(=O)CN1CCCC(C(=O)N2CCCN(Cc3cncs3)CC2)C1. The summed E-state index contributed by atoms with van der Waals surface area (Å²) in [4.78, 5) is 35.9. The second-order valence-electron chi connectivity index (χ2n) is 6.96. The Morgan fingerprint density at radius 3 is 2.76 bits per heavy atom. The minimum absolute atomic E-state index is 0.00106. The maximum atomic E-state index is 12.9. The number of carbonyl (C=O) groups excluding carboxylic acids is 2. The zero-order valence-corrected chi connectivity index (χ0v) is 15.4. The van der Waals surface area contributed by atoms with E-state index in [0.717, 1.165) is 58.5 Å². The molecule has 2 N–H and O–H groups in total. The van der Waals surface area contributed by atoms with E-state index in [2.05, 4.69) is 9.88 Å². The van der Waals surface area contributed by atoms with E-state index < -0.39 is 0 Å². The topological polar surface area (TPSA) is 82.8 Å². The van der Waals surface area contributed by atoms with Crippen LogP contribution < -0.4 is 5.73 Å². The van der Waals surface area contributed by atoms with E-state index in [-0.39, 0.29) is 24.3 Å². The van der Waals surface area contributed by atoms with Gasteiger partial charge in [-0.1, -0.05) is 0 Å². The summed E-state index contributed by atoms with van der Waals surface area (Å²) in [7, 11) is 0. The molecule has 2 aliphatic rings. The van der Waals surface area contributed by atoms with Gasteiger partial charge in [0.25, 0.3) is 0 Å². The smallest absolute Gasteiger partial charge is 0.231 e. The van der Waals surface area contributed by atoms with E-state index in [1.54, 1.807) is 11.3 Å². The number of amides is 2. The lowest BCUT2D eigenvalue weighted by Crippen LogP contribution is -2.47. The minimum atomic E-state index is -0.318. The highest BCUT2D eigenvalue weighted by molar-refractivity contribution is 7.09. The van der Waals surface area contributed by atoms with Crippen LogP contribution in [-0.4, -0.2) is 77.3 Å². The zero-order chi connectivity index (χ0) is 17.6. The van der Waals surface area contributed by atoms with Crippen LogP contribution in [0.4, 0.5) is 0 Å². The van der Waals surface area contributed by atoms with Crippen molar-refractivity contribution >= 4 is 23.2 Å². The molecule has 3 rings (SSSR count). The maximum absolute atomic E-state index is 12.9. The molecule has 0 spiro atoms. The molecule has 2 fully saturated rings. The van der Waals surface area contributed by atoms with Gasteiger partial charge in [-0.25, -0.2) is 0 Å². The molecular formula is C17H27N5O2S. The minimum Gasteiger partial charge on any atom is -0.369 e. The first-order chi connectivity index (χ1) is 12.1. The molecule has 2 amide bonds. The average Bonchev–Trinajstić information content (AvgIpc) is 2.98. The predicted octanol–water partition coefficient (Wildman–Crippen LogP) is 0.375. The highest BCUT2D eigenvalue weighted by Crippen LogP contribution is 2.20. The Kier molecular flexibility index (Phi) is 6.39. The summed E-state index contributed by atoms with van der Waals surface area (Å²) in [5.74, 6) is -0.0727. The number of hydrogen-bond donors (Lipinski definition) is 1. The fraction of sp³-hybridized carbons (Fsp3) is 0.706. The second-order valence-corrected chi connectivity index (χ2v) is 7.93. The van der Waals surface area contributed by atoms with Crippen molar-refractivity contribution in [2.45, 2.75) is 25.8 Å². The van der Waals surface area contributed by atoms with E-state index in [9.17, 15) is 9.59 Å². The van der Waals surface area contributed by atoms with Crippen molar-refractivity contribution < 1.29 is 9.59 Å². The van der Waals surface area contributed by atoms with Crippen LogP contribution in [0.1, 0.15) is 24.1 Å². The molecule has 0 bridgehead atoms. The molecule has 3 heterocycles. The van der Waals surface area contributed by atoms with E-state index in [1.807, 2.05) is 21.5 Å². The Balaban J connectivity index is 1.51. The molecule has 0 aliphatic carbocycles. The molecule has 1 atom stereocenters. The number of carbonyl (C=O) groups is 2. The summed E-state index contributed by atoms with van der Waals surface area (Å²) in [6.07, 6.45) is 4.79. The van der Waals surface area contributed by atoms with Gasteiger partial charge in [0.2, 0.25) is 11.8 Å². The first-order valence-corrected chi connectivity index (χ1v) is 9.89. The summed E-state index contributed by atoms with van der Waals surface area (Å²) in [5, 5.41) is 0. The van der Waals surface area contributed by atoms with Crippen LogP contribution in [0, 0.1) is 5.92 Å². The molecule has 8 heteroatoms. The highest BCUT2D eigenvalue weighted by atomic mass is 32.1. The van der Waals surface area contributed by atoms with Gasteiger partial charge < -0.3 is 10.6 Å². The molecule has 1 aromatic heterocycles. The lowest BCUT2D eigenvalue weighted by molar-refractivity contribution is -0.138. The number of thiazole rings is 1. The molecule has 25 heavy (non-hydrogen) atoms.